The highest BCUT2D eigenvalue weighted by atomic mass is 19.3. The van der Waals surface area contributed by atoms with Crippen LogP contribution < -0.4 is 4.74 Å². The van der Waals surface area contributed by atoms with Crippen LogP contribution >= 0.6 is 0 Å². The lowest BCUT2D eigenvalue weighted by Crippen LogP contribution is -2.30. The molecule has 2 aliphatic rings. The summed E-state index contributed by atoms with van der Waals surface area (Å²) in [6.07, 6.45) is 3.97. The fraction of sp³-hybridized carbons (Fsp3) is 0.250. The van der Waals surface area contributed by atoms with E-state index in [1.54, 1.807) is 41.0 Å². The second-order valence-corrected chi connectivity index (χ2v) is 8.31. The van der Waals surface area contributed by atoms with Crippen LogP contribution in [-0.2, 0) is 7.05 Å². The van der Waals surface area contributed by atoms with Gasteiger partial charge in [-0.2, -0.15) is 13.9 Å². The molecule has 10 heteroatoms. The van der Waals surface area contributed by atoms with E-state index in [1.807, 2.05) is 23.9 Å². The second-order valence-electron chi connectivity index (χ2n) is 8.31. The summed E-state index contributed by atoms with van der Waals surface area (Å²) in [5.74, 6) is 6.49. The molecule has 2 bridgehead atoms. The van der Waals surface area contributed by atoms with Gasteiger partial charge in [-0.1, -0.05) is 12.0 Å². The lowest BCUT2D eigenvalue weighted by atomic mass is 9.98. The number of pyridine rings is 1. The maximum Gasteiger partial charge on any atom is 0.387 e. The quantitative estimate of drug-likeness (QED) is 0.429. The van der Waals surface area contributed by atoms with E-state index in [4.69, 9.17) is 14.7 Å². The van der Waals surface area contributed by atoms with Gasteiger partial charge in [0, 0.05) is 37.8 Å². The van der Waals surface area contributed by atoms with Crippen molar-refractivity contribution in [2.24, 2.45) is 7.05 Å². The monoisotopic (exact) mass is 460 g/mol. The molecule has 1 aromatic carbocycles. The number of aromatic nitrogens is 5. The molecule has 6 rings (SSSR count). The molecule has 0 saturated carbocycles. The summed E-state index contributed by atoms with van der Waals surface area (Å²) in [5.41, 5.74) is 3.30. The molecule has 4 aromatic rings. The number of halogens is 2. The average molecular weight is 460 g/mol. The fourth-order valence-corrected chi connectivity index (χ4v) is 4.83. The first-order valence-corrected chi connectivity index (χ1v) is 10.6. The number of fused-ring (bicyclic) bond motifs is 9. The molecule has 34 heavy (non-hydrogen) atoms. The Kier molecular flexibility index (Phi) is 4.42. The van der Waals surface area contributed by atoms with E-state index in [9.17, 15) is 13.6 Å². The van der Waals surface area contributed by atoms with Gasteiger partial charge in [-0.25, -0.2) is 9.97 Å². The number of amides is 1. The number of rotatable bonds is 2. The molecule has 1 amide bonds. The Balaban J connectivity index is 1.53. The van der Waals surface area contributed by atoms with Gasteiger partial charge in [0.15, 0.2) is 5.65 Å². The minimum Gasteiger partial charge on any atom is -0.434 e. The SMILES string of the molecule is CN1C(=O)c2cccc(OC(F)F)c2[C@H]2C[C@@H]1c1nc3ccc(C#Cc4cnn(C)c4)nc3n12. The van der Waals surface area contributed by atoms with Crippen LogP contribution in [0.4, 0.5) is 8.78 Å². The number of nitrogens with zero attached hydrogens (tertiary/aromatic N) is 6. The molecule has 170 valence electrons. The lowest BCUT2D eigenvalue weighted by molar-refractivity contribution is -0.0507. The first-order valence-electron chi connectivity index (χ1n) is 10.6. The minimum atomic E-state index is -3.01. The molecular formula is C24H18F2N6O2. The van der Waals surface area contributed by atoms with Crippen molar-refractivity contribution in [2.45, 2.75) is 25.1 Å². The van der Waals surface area contributed by atoms with Crippen LogP contribution in [0.2, 0.25) is 0 Å². The Bertz CT molecular complexity index is 1530. The summed E-state index contributed by atoms with van der Waals surface area (Å²) >= 11 is 0. The maximum absolute atomic E-state index is 13.2. The summed E-state index contributed by atoms with van der Waals surface area (Å²) in [6.45, 7) is -3.01. The van der Waals surface area contributed by atoms with Gasteiger partial charge in [-0.3, -0.25) is 9.48 Å². The maximum atomic E-state index is 13.2. The van der Waals surface area contributed by atoms with E-state index in [2.05, 4.69) is 16.9 Å². The molecule has 2 atom stereocenters. The van der Waals surface area contributed by atoms with Crippen LogP contribution in [0.3, 0.4) is 0 Å². The summed E-state index contributed by atoms with van der Waals surface area (Å²) in [6, 6.07) is 7.53. The van der Waals surface area contributed by atoms with Crippen molar-refractivity contribution in [3.63, 3.8) is 0 Å². The first kappa shape index (κ1) is 20.4. The van der Waals surface area contributed by atoms with Crippen molar-refractivity contribution in [2.75, 3.05) is 7.05 Å². The first-order chi connectivity index (χ1) is 16.4. The standard InChI is InChI=1S/C24H18F2N6O2/c1-30-12-13(11-27-30)6-7-14-8-9-16-21(28-14)32-17-10-18(22(32)29-16)31(2)23(33)15-4-3-5-19(20(15)17)34-24(25)26/h3-5,8-9,11-12,17-18,24H,10H2,1-2H3/t17-,18-/m1/s1. The molecule has 2 aliphatic heterocycles. The van der Waals surface area contributed by atoms with Gasteiger partial charge < -0.3 is 14.2 Å². The molecule has 0 saturated heterocycles. The largest absolute Gasteiger partial charge is 0.434 e. The van der Waals surface area contributed by atoms with Crippen LogP contribution in [0.25, 0.3) is 11.2 Å². The average Bonchev–Trinajstić information content (AvgIpc) is 3.48. The Morgan fingerprint density at radius 1 is 1.12 bits per heavy atom. The van der Waals surface area contributed by atoms with E-state index >= 15 is 0 Å². The number of ether oxygens (including phenoxy) is 1. The van der Waals surface area contributed by atoms with E-state index in [1.165, 1.54) is 6.07 Å². The number of carbonyl (C=O) groups excluding carboxylic acids is 1. The van der Waals surface area contributed by atoms with Gasteiger partial charge in [0.2, 0.25) is 0 Å². The van der Waals surface area contributed by atoms with Crippen LogP contribution in [0, 0.1) is 11.8 Å². The molecule has 0 unspecified atom stereocenters. The summed E-state index contributed by atoms with van der Waals surface area (Å²) in [4.78, 5) is 24.3. The van der Waals surface area contributed by atoms with E-state index in [0.717, 1.165) is 5.56 Å². The number of carbonyl (C=O) groups is 1. The van der Waals surface area contributed by atoms with Crippen LogP contribution in [0.15, 0.2) is 42.7 Å². The third-order valence-corrected chi connectivity index (χ3v) is 6.29. The summed E-state index contributed by atoms with van der Waals surface area (Å²) in [5, 5.41) is 4.11. The predicted molar refractivity (Wildman–Crippen MR) is 117 cm³/mol. The zero-order valence-corrected chi connectivity index (χ0v) is 18.2. The normalized spacial score (nSPS) is 18.5. The summed E-state index contributed by atoms with van der Waals surface area (Å²) in [7, 11) is 3.52. The molecule has 0 radical (unpaired) electrons. The van der Waals surface area contributed by atoms with Crippen molar-refractivity contribution >= 4 is 17.1 Å². The van der Waals surface area contributed by atoms with Gasteiger partial charge in [0.1, 0.15) is 22.8 Å². The number of alkyl halides is 2. The number of benzene rings is 1. The molecule has 0 N–H and O–H groups in total. The zero-order chi connectivity index (χ0) is 23.6. The molecule has 0 spiro atoms. The van der Waals surface area contributed by atoms with Crippen LogP contribution in [0.1, 0.15) is 51.5 Å². The smallest absolute Gasteiger partial charge is 0.387 e. The number of imidazole rings is 1. The molecule has 5 heterocycles. The van der Waals surface area contributed by atoms with Gasteiger partial charge >= 0.3 is 6.61 Å². The third kappa shape index (κ3) is 3.04. The topological polar surface area (TPSA) is 78.1 Å². The van der Waals surface area contributed by atoms with Crippen molar-refractivity contribution < 1.29 is 18.3 Å². The van der Waals surface area contributed by atoms with Crippen molar-refractivity contribution in [1.29, 1.82) is 0 Å². The van der Waals surface area contributed by atoms with Crippen molar-refractivity contribution in [3.05, 3.63) is 70.9 Å². The Labute approximate surface area is 192 Å². The Morgan fingerprint density at radius 2 is 1.97 bits per heavy atom. The second kappa shape index (κ2) is 7.38. The van der Waals surface area contributed by atoms with E-state index in [0.29, 0.717) is 40.2 Å². The van der Waals surface area contributed by atoms with E-state index < -0.39 is 12.7 Å². The Hall–Kier alpha value is -4.26. The molecule has 8 nitrogen and oxygen atoms in total. The van der Waals surface area contributed by atoms with E-state index in [-0.39, 0.29) is 17.7 Å². The third-order valence-electron chi connectivity index (χ3n) is 6.29. The molecule has 0 aliphatic carbocycles. The zero-order valence-electron chi connectivity index (χ0n) is 18.2. The van der Waals surface area contributed by atoms with Gasteiger partial charge in [0.25, 0.3) is 5.91 Å². The molecule has 0 fully saturated rings. The Morgan fingerprint density at radius 3 is 2.74 bits per heavy atom. The van der Waals surface area contributed by atoms with Crippen molar-refractivity contribution in [3.8, 4) is 17.6 Å². The number of hydrogen-bond donors (Lipinski definition) is 0. The lowest BCUT2D eigenvalue weighted by Gasteiger charge is -2.24. The number of aryl methyl sites for hydroxylation is 1. The molecule has 3 aromatic heterocycles. The van der Waals surface area contributed by atoms with Crippen LogP contribution in [-0.4, -0.2) is 48.8 Å². The van der Waals surface area contributed by atoms with Crippen molar-refractivity contribution in [1.82, 2.24) is 29.2 Å². The minimum absolute atomic E-state index is 0.0119. The predicted octanol–water partition coefficient (Wildman–Crippen LogP) is 3.29. The summed E-state index contributed by atoms with van der Waals surface area (Å²) < 4.78 is 34.8. The van der Waals surface area contributed by atoms with Gasteiger partial charge in [-0.05, 0) is 30.2 Å². The molecular weight excluding hydrogens is 442 g/mol. The fourth-order valence-electron chi connectivity index (χ4n) is 4.83. The highest BCUT2D eigenvalue weighted by Gasteiger charge is 2.45. The van der Waals surface area contributed by atoms with Gasteiger partial charge in [0.05, 0.1) is 23.8 Å². The number of hydrogen-bond acceptors (Lipinski definition) is 5. The van der Waals surface area contributed by atoms with Gasteiger partial charge in [-0.15, -0.1) is 0 Å². The highest BCUT2D eigenvalue weighted by molar-refractivity contribution is 5.97. The highest BCUT2D eigenvalue weighted by Crippen LogP contribution is 2.49. The van der Waals surface area contributed by atoms with Crippen LogP contribution in [0.5, 0.6) is 5.75 Å².